The molecule has 0 aliphatic carbocycles. The van der Waals surface area contributed by atoms with Crippen molar-refractivity contribution in [3.8, 4) is 0 Å². The molecule has 0 aliphatic heterocycles. The van der Waals surface area contributed by atoms with Gasteiger partial charge in [0.1, 0.15) is 0 Å². The van der Waals surface area contributed by atoms with Crippen LogP contribution in [0, 0.1) is 5.41 Å². The lowest BCUT2D eigenvalue weighted by Crippen LogP contribution is -1.47. The predicted molar refractivity (Wildman–Crippen MR) is 41.6 cm³/mol. The molecule has 0 heterocycles. The van der Waals surface area contributed by atoms with Crippen LogP contribution in [0.5, 0.6) is 0 Å². The first kappa shape index (κ1) is 11.4. The van der Waals surface area contributed by atoms with Crippen molar-refractivity contribution in [3.63, 3.8) is 0 Å². The van der Waals surface area contributed by atoms with Crippen molar-refractivity contribution < 1.29 is 4.79 Å². The summed E-state index contributed by atoms with van der Waals surface area (Å²) in [6, 6.07) is 12.0. The van der Waals surface area contributed by atoms with Gasteiger partial charge in [0, 0.05) is 0 Å². The molecule has 1 aromatic carbocycles. The normalized spacial score (nSPS) is 5.60. The van der Waals surface area contributed by atoms with Gasteiger partial charge in [-0.25, -0.2) is 10.2 Å². The molecule has 0 unspecified atom stereocenters. The molecule has 0 fully saturated rings. The Morgan fingerprint density at radius 2 is 1.00 bits per heavy atom. The van der Waals surface area contributed by atoms with Crippen molar-refractivity contribution >= 4 is 6.08 Å². The van der Waals surface area contributed by atoms with E-state index in [1.165, 1.54) is 0 Å². The molecule has 0 spiro atoms. The molecule has 0 bridgehead atoms. The minimum atomic E-state index is 0. The lowest BCUT2D eigenvalue weighted by molar-refractivity contribution is 0.563. The molecule has 1 N–H and O–H groups in total. The third kappa shape index (κ3) is 9.78. The summed E-state index contributed by atoms with van der Waals surface area (Å²) in [6.07, 6.45) is 0.750. The summed E-state index contributed by atoms with van der Waals surface area (Å²) in [4.78, 5) is 8.35. The highest BCUT2D eigenvalue weighted by Crippen LogP contribution is 1.79. The summed E-state index contributed by atoms with van der Waals surface area (Å²) >= 11 is 0. The quantitative estimate of drug-likeness (QED) is 0.432. The number of nitrogens with one attached hydrogen (secondary N) is 1. The molecule has 54 valence electrons. The highest BCUT2D eigenvalue weighted by atomic mass is 16.1. The summed E-state index contributed by atoms with van der Waals surface area (Å²) < 4.78 is 0. The van der Waals surface area contributed by atoms with E-state index < -0.39 is 0 Å². The molecule has 2 heteroatoms. The van der Waals surface area contributed by atoms with Gasteiger partial charge in [0.25, 0.3) is 0 Å². The Bertz CT molecular complexity index is 139. The predicted octanol–water partition coefficient (Wildman–Crippen LogP) is 2.22. The van der Waals surface area contributed by atoms with Crippen molar-refractivity contribution in [2.45, 2.75) is 7.43 Å². The monoisotopic (exact) mass is 137 g/mol. The van der Waals surface area contributed by atoms with Gasteiger partial charge in [-0.15, -0.1) is 0 Å². The van der Waals surface area contributed by atoms with Crippen molar-refractivity contribution in [1.29, 1.82) is 5.41 Å². The summed E-state index contributed by atoms with van der Waals surface area (Å²) in [5.41, 5.74) is 0. The molecular formula is C8H11NO. The molecule has 1 rings (SSSR count). The van der Waals surface area contributed by atoms with Gasteiger partial charge in [-0.05, 0) is 0 Å². The highest BCUT2D eigenvalue weighted by molar-refractivity contribution is 5.26. The average molecular weight is 137 g/mol. The third-order valence-corrected chi connectivity index (χ3v) is 0.667. The number of isocyanates is 1. The van der Waals surface area contributed by atoms with E-state index in [0.717, 1.165) is 6.08 Å². The van der Waals surface area contributed by atoms with Crippen LogP contribution in [0.4, 0.5) is 0 Å². The van der Waals surface area contributed by atoms with Crippen LogP contribution in [0.25, 0.3) is 0 Å². The Balaban J connectivity index is 0. The molecule has 0 radical (unpaired) electrons. The first-order valence-corrected chi connectivity index (χ1v) is 2.45. The first-order chi connectivity index (χ1) is 4.41. The maximum atomic E-state index is 8.35. The van der Waals surface area contributed by atoms with E-state index in [9.17, 15) is 0 Å². The fourth-order valence-electron chi connectivity index (χ4n) is 0.385. The second-order valence-electron chi connectivity index (χ2n) is 1.26. The summed E-state index contributed by atoms with van der Waals surface area (Å²) in [5, 5.41) is 5.40. The molecule has 0 amide bonds. The van der Waals surface area contributed by atoms with Crippen LogP contribution >= 0.6 is 0 Å². The number of benzene rings is 1. The second kappa shape index (κ2) is 10.6. The van der Waals surface area contributed by atoms with Crippen LogP contribution in [-0.2, 0) is 4.79 Å². The van der Waals surface area contributed by atoms with Gasteiger partial charge in [0.05, 0.1) is 0 Å². The Hall–Kier alpha value is -1.40. The SMILES string of the molecule is C.N=C=O.c1ccccc1. The largest absolute Gasteiger partial charge is 0.231 e. The van der Waals surface area contributed by atoms with Gasteiger partial charge in [-0.3, -0.25) is 0 Å². The van der Waals surface area contributed by atoms with Crippen LogP contribution in [0.3, 0.4) is 0 Å². The van der Waals surface area contributed by atoms with Crippen molar-refractivity contribution in [3.05, 3.63) is 36.4 Å². The molecule has 0 aromatic heterocycles. The number of hydrogen-bond acceptors (Lipinski definition) is 2. The standard InChI is InChI=1S/C6H6.CHNO.CH4/c1-2-4-6-5-3-1;2-1-3;/h1-6H;2H;1H4. The van der Waals surface area contributed by atoms with E-state index in [1.807, 2.05) is 36.4 Å². The van der Waals surface area contributed by atoms with E-state index in [1.54, 1.807) is 0 Å². The molecule has 0 aliphatic rings. The van der Waals surface area contributed by atoms with Gasteiger partial charge in [-0.1, -0.05) is 43.8 Å². The van der Waals surface area contributed by atoms with Crippen LogP contribution in [0.1, 0.15) is 7.43 Å². The second-order valence-corrected chi connectivity index (χ2v) is 1.26. The Labute approximate surface area is 61.0 Å². The lowest BCUT2D eigenvalue weighted by Gasteiger charge is -1.69. The van der Waals surface area contributed by atoms with Gasteiger partial charge < -0.3 is 0 Å². The lowest BCUT2D eigenvalue weighted by atomic mass is 10.4. The zero-order chi connectivity index (χ0) is 6.95. The smallest absolute Gasteiger partial charge is 0.222 e. The van der Waals surface area contributed by atoms with Crippen LogP contribution in [-0.4, -0.2) is 6.08 Å². The van der Waals surface area contributed by atoms with Crippen LogP contribution in [0.2, 0.25) is 0 Å². The van der Waals surface area contributed by atoms with Gasteiger partial charge in [0.2, 0.25) is 6.08 Å². The van der Waals surface area contributed by atoms with Gasteiger partial charge in [-0.2, -0.15) is 0 Å². The molecule has 0 atom stereocenters. The maximum absolute atomic E-state index is 8.35. The molecule has 2 nitrogen and oxygen atoms in total. The van der Waals surface area contributed by atoms with E-state index in [0.29, 0.717) is 0 Å². The fraction of sp³-hybridized carbons (Fsp3) is 0.125. The number of rotatable bonds is 0. The summed E-state index contributed by atoms with van der Waals surface area (Å²) in [7, 11) is 0. The topological polar surface area (TPSA) is 40.9 Å². The van der Waals surface area contributed by atoms with Gasteiger partial charge in [0.15, 0.2) is 0 Å². The number of carbonyl (C=O) groups excluding carboxylic acids is 1. The Morgan fingerprint density at radius 1 is 0.900 bits per heavy atom. The van der Waals surface area contributed by atoms with Crippen molar-refractivity contribution in [2.24, 2.45) is 0 Å². The van der Waals surface area contributed by atoms with Gasteiger partial charge >= 0.3 is 0 Å². The molecule has 0 saturated carbocycles. The third-order valence-electron chi connectivity index (χ3n) is 0.667. The minimum Gasteiger partial charge on any atom is -0.222 e. The molecule has 1 aromatic rings. The van der Waals surface area contributed by atoms with E-state index in [2.05, 4.69) is 0 Å². The zero-order valence-electron chi connectivity index (χ0n) is 4.87. The van der Waals surface area contributed by atoms with Crippen LogP contribution in [0.15, 0.2) is 36.4 Å². The molecule has 10 heavy (non-hydrogen) atoms. The highest BCUT2D eigenvalue weighted by Gasteiger charge is 1.57. The molecule has 0 saturated heterocycles. The first-order valence-electron chi connectivity index (χ1n) is 2.45. The maximum Gasteiger partial charge on any atom is 0.231 e. The van der Waals surface area contributed by atoms with E-state index >= 15 is 0 Å². The van der Waals surface area contributed by atoms with Crippen LogP contribution < -0.4 is 0 Å². The number of hydrogen-bond donors (Lipinski definition) is 1. The average Bonchev–Trinajstić information content (AvgIpc) is 1.93. The van der Waals surface area contributed by atoms with E-state index in [4.69, 9.17) is 10.2 Å². The van der Waals surface area contributed by atoms with E-state index in [-0.39, 0.29) is 7.43 Å². The minimum absolute atomic E-state index is 0. The fourth-order valence-corrected chi connectivity index (χ4v) is 0.385. The summed E-state index contributed by atoms with van der Waals surface area (Å²) in [6.45, 7) is 0. The Kier molecular flexibility index (Phi) is 12.0. The van der Waals surface area contributed by atoms with Crippen molar-refractivity contribution in [1.82, 2.24) is 0 Å². The molecular weight excluding hydrogens is 126 g/mol. The zero-order valence-corrected chi connectivity index (χ0v) is 4.87. The Morgan fingerprint density at radius 3 is 1.10 bits per heavy atom. The van der Waals surface area contributed by atoms with Crippen molar-refractivity contribution in [2.75, 3.05) is 0 Å². The summed E-state index contributed by atoms with van der Waals surface area (Å²) in [5.74, 6) is 0.